The minimum absolute atomic E-state index is 0.122. The van der Waals surface area contributed by atoms with Crippen LogP contribution < -0.4 is 5.32 Å². The highest BCUT2D eigenvalue weighted by atomic mass is 32.2. The molecule has 6 heteroatoms. The Morgan fingerprint density at radius 3 is 2.58 bits per heavy atom. The Morgan fingerprint density at radius 2 is 1.85 bits per heavy atom. The Balaban J connectivity index is 1.85. The standard InChI is InChI=1S/C20H17NO3S2/c1-13-6-5-7-14(10-13)16-11-18(22)21-19-17(12-25-20(16)19)26(23,24)15-8-3-2-4-9-15/h2-10,12,16H,11H2,1H3,(H,21,22)/t16-/m1/s1. The van der Waals surface area contributed by atoms with Crippen molar-refractivity contribution < 1.29 is 13.2 Å². The molecule has 0 unspecified atom stereocenters. The molecule has 1 atom stereocenters. The summed E-state index contributed by atoms with van der Waals surface area (Å²) in [5.41, 5.74) is 2.58. The highest BCUT2D eigenvalue weighted by Crippen LogP contribution is 2.45. The van der Waals surface area contributed by atoms with Crippen molar-refractivity contribution in [3.8, 4) is 0 Å². The van der Waals surface area contributed by atoms with Gasteiger partial charge < -0.3 is 5.32 Å². The second-order valence-corrected chi connectivity index (χ2v) is 9.20. The lowest BCUT2D eigenvalue weighted by molar-refractivity contribution is -0.116. The Labute approximate surface area is 156 Å². The van der Waals surface area contributed by atoms with Crippen molar-refractivity contribution >= 4 is 32.8 Å². The number of rotatable bonds is 3. The quantitative estimate of drug-likeness (QED) is 0.731. The normalized spacial score (nSPS) is 16.8. The van der Waals surface area contributed by atoms with E-state index in [2.05, 4.69) is 11.4 Å². The zero-order chi connectivity index (χ0) is 18.3. The molecule has 1 aliphatic heterocycles. The molecule has 0 saturated carbocycles. The van der Waals surface area contributed by atoms with Gasteiger partial charge in [-0.2, -0.15) is 0 Å². The van der Waals surface area contributed by atoms with Gasteiger partial charge >= 0.3 is 0 Å². The Kier molecular flexibility index (Phi) is 4.17. The molecule has 0 aliphatic carbocycles. The fourth-order valence-electron chi connectivity index (χ4n) is 3.28. The van der Waals surface area contributed by atoms with Crippen molar-refractivity contribution in [1.29, 1.82) is 0 Å². The number of fused-ring (bicyclic) bond motifs is 1. The smallest absolute Gasteiger partial charge is 0.225 e. The zero-order valence-corrected chi connectivity index (χ0v) is 15.7. The van der Waals surface area contributed by atoms with Crippen LogP contribution in [0, 0.1) is 6.92 Å². The van der Waals surface area contributed by atoms with Crippen LogP contribution in [-0.4, -0.2) is 14.3 Å². The van der Waals surface area contributed by atoms with E-state index in [9.17, 15) is 13.2 Å². The average Bonchev–Trinajstić information content (AvgIpc) is 3.06. The van der Waals surface area contributed by atoms with Crippen molar-refractivity contribution in [2.24, 2.45) is 0 Å². The second-order valence-electron chi connectivity index (χ2n) is 6.37. The Bertz CT molecular complexity index is 1090. The summed E-state index contributed by atoms with van der Waals surface area (Å²) >= 11 is 1.39. The molecule has 1 aliphatic rings. The molecular formula is C20H17NO3S2. The monoisotopic (exact) mass is 383 g/mol. The molecule has 1 amide bonds. The van der Waals surface area contributed by atoms with Gasteiger partial charge in [-0.1, -0.05) is 48.0 Å². The number of carbonyl (C=O) groups is 1. The van der Waals surface area contributed by atoms with E-state index in [0.29, 0.717) is 12.1 Å². The Hall–Kier alpha value is -2.44. The summed E-state index contributed by atoms with van der Waals surface area (Å²) in [6.07, 6.45) is 0.321. The van der Waals surface area contributed by atoms with E-state index in [1.54, 1.807) is 35.7 Å². The number of aryl methyl sites for hydroxylation is 1. The topological polar surface area (TPSA) is 63.2 Å². The molecule has 4 nitrogen and oxygen atoms in total. The lowest BCUT2D eigenvalue weighted by Crippen LogP contribution is -2.23. The fourth-order valence-corrected chi connectivity index (χ4v) is 6.21. The first kappa shape index (κ1) is 17.0. The van der Waals surface area contributed by atoms with E-state index < -0.39 is 9.84 Å². The highest BCUT2D eigenvalue weighted by Gasteiger charge is 2.34. The second kappa shape index (κ2) is 6.37. The summed E-state index contributed by atoms with van der Waals surface area (Å²) < 4.78 is 26.1. The molecule has 0 bridgehead atoms. The van der Waals surface area contributed by atoms with E-state index in [-0.39, 0.29) is 21.6 Å². The van der Waals surface area contributed by atoms with E-state index in [1.807, 2.05) is 25.1 Å². The number of nitrogens with one attached hydrogen (secondary N) is 1. The molecule has 2 aromatic carbocycles. The zero-order valence-electron chi connectivity index (χ0n) is 14.1. The molecule has 3 aromatic rings. The predicted molar refractivity (Wildman–Crippen MR) is 102 cm³/mol. The first-order valence-electron chi connectivity index (χ1n) is 8.25. The number of thiophene rings is 1. The first-order valence-corrected chi connectivity index (χ1v) is 10.6. The lowest BCUT2D eigenvalue weighted by atomic mass is 9.90. The molecule has 0 fully saturated rings. The van der Waals surface area contributed by atoms with Crippen LogP contribution >= 0.6 is 11.3 Å². The predicted octanol–water partition coefficient (Wildman–Crippen LogP) is 4.36. The molecule has 0 saturated heterocycles. The molecule has 132 valence electrons. The molecular weight excluding hydrogens is 366 g/mol. The van der Waals surface area contributed by atoms with Gasteiger partial charge in [-0.05, 0) is 24.6 Å². The third kappa shape index (κ3) is 2.85. The summed E-state index contributed by atoms with van der Waals surface area (Å²) in [6.45, 7) is 2.01. The maximum Gasteiger partial charge on any atom is 0.225 e. The van der Waals surface area contributed by atoms with Crippen molar-refractivity contribution in [3.63, 3.8) is 0 Å². The minimum atomic E-state index is -3.68. The summed E-state index contributed by atoms with van der Waals surface area (Å²) in [5.74, 6) is -0.282. The lowest BCUT2D eigenvalue weighted by Gasteiger charge is -2.24. The number of benzene rings is 2. The number of hydrogen-bond acceptors (Lipinski definition) is 4. The van der Waals surface area contributed by atoms with Crippen molar-refractivity contribution in [2.75, 3.05) is 5.32 Å². The van der Waals surface area contributed by atoms with Crippen LogP contribution in [0.15, 0.2) is 69.8 Å². The van der Waals surface area contributed by atoms with Crippen LogP contribution in [-0.2, 0) is 14.6 Å². The van der Waals surface area contributed by atoms with Crippen molar-refractivity contribution in [1.82, 2.24) is 0 Å². The Morgan fingerprint density at radius 1 is 1.08 bits per heavy atom. The van der Waals surface area contributed by atoms with E-state index in [0.717, 1.165) is 16.0 Å². The number of amides is 1. The maximum absolute atomic E-state index is 13.0. The van der Waals surface area contributed by atoms with Gasteiger partial charge in [0.25, 0.3) is 0 Å². The molecule has 0 spiro atoms. The third-order valence-electron chi connectivity index (χ3n) is 4.54. The van der Waals surface area contributed by atoms with Crippen LogP contribution in [0.1, 0.15) is 28.3 Å². The molecule has 1 aromatic heterocycles. The maximum atomic E-state index is 13.0. The molecule has 1 N–H and O–H groups in total. The van der Waals surface area contributed by atoms with Crippen LogP contribution in [0.2, 0.25) is 0 Å². The van der Waals surface area contributed by atoms with Crippen molar-refractivity contribution in [2.45, 2.75) is 29.1 Å². The van der Waals surface area contributed by atoms with Gasteiger partial charge in [-0.25, -0.2) is 8.42 Å². The number of carbonyl (C=O) groups excluding carboxylic acids is 1. The number of anilines is 1. The van der Waals surface area contributed by atoms with Crippen LogP contribution in [0.5, 0.6) is 0 Å². The van der Waals surface area contributed by atoms with Crippen LogP contribution in [0.3, 0.4) is 0 Å². The van der Waals surface area contributed by atoms with Gasteiger partial charge in [0.05, 0.1) is 10.6 Å². The van der Waals surface area contributed by atoms with E-state index in [4.69, 9.17) is 0 Å². The summed E-state index contributed by atoms with van der Waals surface area (Å²) in [4.78, 5) is 13.6. The molecule has 2 heterocycles. The van der Waals surface area contributed by atoms with Gasteiger partial charge in [0.1, 0.15) is 4.90 Å². The summed E-state index contributed by atoms with van der Waals surface area (Å²) in [6, 6.07) is 16.3. The highest BCUT2D eigenvalue weighted by molar-refractivity contribution is 7.91. The van der Waals surface area contributed by atoms with E-state index in [1.165, 1.54) is 11.3 Å². The van der Waals surface area contributed by atoms with Gasteiger partial charge in [0, 0.05) is 22.6 Å². The largest absolute Gasteiger partial charge is 0.324 e. The van der Waals surface area contributed by atoms with Gasteiger partial charge in [-0.15, -0.1) is 11.3 Å². The molecule has 4 rings (SSSR count). The third-order valence-corrected chi connectivity index (χ3v) is 7.58. The molecule has 0 radical (unpaired) electrons. The average molecular weight is 383 g/mol. The van der Waals surface area contributed by atoms with Crippen LogP contribution in [0.4, 0.5) is 5.69 Å². The summed E-state index contributed by atoms with van der Waals surface area (Å²) in [5, 5.41) is 4.43. The van der Waals surface area contributed by atoms with Gasteiger partial charge in [0.2, 0.25) is 15.7 Å². The first-order chi connectivity index (χ1) is 12.5. The van der Waals surface area contributed by atoms with Gasteiger partial charge in [-0.3, -0.25) is 4.79 Å². The summed E-state index contributed by atoms with van der Waals surface area (Å²) in [7, 11) is -3.68. The SMILES string of the molecule is Cc1cccc([C@H]2CC(=O)Nc3c(S(=O)(=O)c4ccccc4)csc32)c1. The number of sulfone groups is 1. The fraction of sp³-hybridized carbons (Fsp3) is 0.150. The van der Waals surface area contributed by atoms with Crippen LogP contribution in [0.25, 0.3) is 0 Å². The van der Waals surface area contributed by atoms with Gasteiger partial charge in [0.15, 0.2) is 0 Å². The van der Waals surface area contributed by atoms with E-state index >= 15 is 0 Å². The van der Waals surface area contributed by atoms with Crippen molar-refractivity contribution in [3.05, 3.63) is 76.0 Å². The molecule has 26 heavy (non-hydrogen) atoms. The minimum Gasteiger partial charge on any atom is -0.324 e. The number of hydrogen-bond donors (Lipinski definition) is 1.